The zero-order valence-electron chi connectivity index (χ0n) is 15.8. The number of nitrogen functional groups attached to an aromatic ring is 1. The summed E-state index contributed by atoms with van der Waals surface area (Å²) in [5, 5.41) is -0.0910. The lowest BCUT2D eigenvalue weighted by Gasteiger charge is -2.47. The molecule has 142 valence electrons. The van der Waals surface area contributed by atoms with E-state index in [4.69, 9.17) is 5.73 Å². The summed E-state index contributed by atoms with van der Waals surface area (Å²) in [6.07, 6.45) is 5.76. The molecule has 1 fully saturated rings. The summed E-state index contributed by atoms with van der Waals surface area (Å²) < 4.78 is 0. The lowest BCUT2D eigenvalue weighted by atomic mass is 9.82. The van der Waals surface area contributed by atoms with Crippen LogP contribution in [0.3, 0.4) is 0 Å². The van der Waals surface area contributed by atoms with E-state index in [1.165, 1.54) is 0 Å². The Morgan fingerprint density at radius 1 is 1.26 bits per heavy atom. The van der Waals surface area contributed by atoms with E-state index in [-0.39, 0.29) is 29.2 Å². The monoisotopic (exact) mass is 382 g/mol. The fourth-order valence-corrected chi connectivity index (χ4v) is 5.39. The van der Waals surface area contributed by atoms with Crippen LogP contribution < -0.4 is 5.73 Å². The Hall–Kier alpha value is -2.08. The van der Waals surface area contributed by atoms with Gasteiger partial charge in [0.25, 0.3) is 0 Å². The fraction of sp³-hybridized carbons (Fsp3) is 0.476. The van der Waals surface area contributed by atoms with E-state index < -0.39 is 0 Å². The number of amides is 1. The molecule has 3 heterocycles. The highest BCUT2D eigenvalue weighted by atomic mass is 32.2. The van der Waals surface area contributed by atoms with Crippen LogP contribution in [0.2, 0.25) is 0 Å². The Balaban J connectivity index is 1.64. The average Bonchev–Trinajstić information content (AvgIpc) is 2.65. The number of carbonyl (C=O) groups excluding carboxylic acids is 1. The summed E-state index contributed by atoms with van der Waals surface area (Å²) >= 11 is 1.68. The van der Waals surface area contributed by atoms with Gasteiger partial charge in [0.15, 0.2) is 0 Å². The van der Waals surface area contributed by atoms with E-state index in [1.807, 2.05) is 24.4 Å². The molecular formula is C21H26N4OS. The molecule has 2 N–H and O–H groups in total. The lowest BCUT2D eigenvalue weighted by molar-refractivity contribution is -0.139. The maximum Gasteiger partial charge on any atom is 0.237 e. The van der Waals surface area contributed by atoms with Gasteiger partial charge >= 0.3 is 0 Å². The number of nitrogens with two attached hydrogens (primary N) is 1. The minimum Gasteiger partial charge on any atom is -0.368 e. The summed E-state index contributed by atoms with van der Waals surface area (Å²) in [5.74, 6) is 0.829. The van der Waals surface area contributed by atoms with E-state index in [0.717, 1.165) is 41.8 Å². The van der Waals surface area contributed by atoms with Crippen molar-refractivity contribution in [3.63, 3.8) is 0 Å². The van der Waals surface area contributed by atoms with Gasteiger partial charge in [0.1, 0.15) is 0 Å². The van der Waals surface area contributed by atoms with Gasteiger partial charge in [-0.15, -0.1) is 11.8 Å². The lowest BCUT2D eigenvalue weighted by Crippen LogP contribution is -2.53. The highest BCUT2D eigenvalue weighted by Crippen LogP contribution is 2.43. The zero-order chi connectivity index (χ0) is 19.0. The molecule has 2 aliphatic rings. The molecule has 5 nitrogen and oxygen atoms in total. The Morgan fingerprint density at radius 3 is 2.78 bits per heavy atom. The van der Waals surface area contributed by atoms with Crippen molar-refractivity contribution >= 4 is 23.6 Å². The number of aromatic nitrogens is 2. The first-order chi connectivity index (χ1) is 13.0. The number of thioether (sulfide) groups is 1. The number of carbonyl (C=O) groups is 1. The van der Waals surface area contributed by atoms with Crippen molar-refractivity contribution in [1.82, 2.24) is 14.9 Å². The third-order valence-electron chi connectivity index (χ3n) is 5.56. The van der Waals surface area contributed by atoms with Crippen molar-refractivity contribution < 1.29 is 4.79 Å². The minimum absolute atomic E-state index is 0.0817. The van der Waals surface area contributed by atoms with Crippen molar-refractivity contribution in [2.75, 3.05) is 5.73 Å². The van der Waals surface area contributed by atoms with Crippen molar-refractivity contribution in [3.05, 3.63) is 47.8 Å². The number of fused-ring (bicyclic) bond motifs is 4. The van der Waals surface area contributed by atoms with Gasteiger partial charge in [-0.1, -0.05) is 32.0 Å². The molecule has 2 bridgehead atoms. The summed E-state index contributed by atoms with van der Waals surface area (Å²) in [6.45, 7) is 4.27. The SMILES string of the molecule is CC(C)C(Sc1ccccc1)C(=O)N1C2CCCC1c1cnc(N)nc1C2. The summed E-state index contributed by atoms with van der Waals surface area (Å²) in [7, 11) is 0. The molecule has 3 atom stereocenters. The summed E-state index contributed by atoms with van der Waals surface area (Å²) in [5.41, 5.74) is 7.90. The molecule has 2 aliphatic heterocycles. The second-order valence-corrected chi connectivity index (χ2v) is 8.99. The quantitative estimate of drug-likeness (QED) is 0.813. The van der Waals surface area contributed by atoms with Gasteiger partial charge in [-0.3, -0.25) is 4.79 Å². The van der Waals surface area contributed by atoms with E-state index in [0.29, 0.717) is 5.95 Å². The Bertz CT molecular complexity index is 826. The molecule has 0 spiro atoms. The highest BCUT2D eigenvalue weighted by molar-refractivity contribution is 8.00. The Labute approximate surface area is 164 Å². The first-order valence-corrected chi connectivity index (χ1v) is 10.6. The number of hydrogen-bond acceptors (Lipinski definition) is 5. The van der Waals surface area contributed by atoms with Gasteiger partial charge in [0, 0.05) is 29.1 Å². The van der Waals surface area contributed by atoms with Crippen LogP contribution >= 0.6 is 11.8 Å². The summed E-state index contributed by atoms with van der Waals surface area (Å²) in [6, 6.07) is 10.5. The van der Waals surface area contributed by atoms with Gasteiger partial charge in [-0.2, -0.15) is 0 Å². The number of benzene rings is 1. The summed E-state index contributed by atoms with van der Waals surface area (Å²) in [4.78, 5) is 25.6. The third kappa shape index (κ3) is 3.55. The normalized spacial score (nSPS) is 22.4. The first-order valence-electron chi connectivity index (χ1n) is 9.69. The molecule has 0 radical (unpaired) electrons. The van der Waals surface area contributed by atoms with Crippen molar-refractivity contribution in [2.45, 2.75) is 61.8 Å². The molecule has 1 aromatic carbocycles. The maximum absolute atomic E-state index is 13.7. The fourth-order valence-electron chi connectivity index (χ4n) is 4.29. The van der Waals surface area contributed by atoms with Crippen LogP contribution in [-0.4, -0.2) is 32.1 Å². The molecule has 1 amide bonds. The molecule has 0 saturated carbocycles. The highest BCUT2D eigenvalue weighted by Gasteiger charge is 2.43. The molecule has 0 aliphatic carbocycles. The predicted molar refractivity (Wildman–Crippen MR) is 108 cm³/mol. The molecular weight excluding hydrogens is 356 g/mol. The van der Waals surface area contributed by atoms with Gasteiger partial charge in [0.2, 0.25) is 11.9 Å². The van der Waals surface area contributed by atoms with E-state index in [2.05, 4.69) is 40.8 Å². The van der Waals surface area contributed by atoms with Crippen LogP contribution in [0.15, 0.2) is 41.4 Å². The van der Waals surface area contributed by atoms with Crippen LogP contribution in [0.5, 0.6) is 0 Å². The molecule has 1 saturated heterocycles. The minimum atomic E-state index is -0.0910. The van der Waals surface area contributed by atoms with Crippen LogP contribution in [-0.2, 0) is 11.2 Å². The molecule has 1 aromatic heterocycles. The van der Waals surface area contributed by atoms with Crippen molar-refractivity contribution in [1.29, 1.82) is 0 Å². The zero-order valence-corrected chi connectivity index (χ0v) is 16.7. The predicted octanol–water partition coefficient (Wildman–Crippen LogP) is 3.85. The van der Waals surface area contributed by atoms with Crippen LogP contribution in [0.25, 0.3) is 0 Å². The number of piperidine rings is 1. The maximum atomic E-state index is 13.7. The molecule has 4 rings (SSSR count). The topological polar surface area (TPSA) is 72.1 Å². The van der Waals surface area contributed by atoms with Crippen LogP contribution in [0, 0.1) is 5.92 Å². The third-order valence-corrected chi connectivity index (χ3v) is 7.10. The Kier molecular flexibility index (Phi) is 5.08. The van der Waals surface area contributed by atoms with Gasteiger partial charge in [-0.25, -0.2) is 9.97 Å². The Morgan fingerprint density at radius 2 is 2.04 bits per heavy atom. The van der Waals surface area contributed by atoms with E-state index in [1.54, 1.807) is 11.8 Å². The molecule has 3 unspecified atom stereocenters. The standard InChI is InChI=1S/C21H26N4OS/c1-13(2)19(27-15-8-4-3-5-9-15)20(26)25-14-7-6-10-18(25)16-12-23-21(22)24-17(16)11-14/h3-5,8-9,12-14,18-19H,6-7,10-11H2,1-2H3,(H2,22,23,24). The van der Waals surface area contributed by atoms with Crippen molar-refractivity contribution in [3.8, 4) is 0 Å². The second-order valence-electron chi connectivity index (χ2n) is 7.78. The van der Waals surface area contributed by atoms with Gasteiger partial charge in [-0.05, 0) is 37.3 Å². The largest absolute Gasteiger partial charge is 0.368 e. The average molecular weight is 383 g/mol. The molecule has 27 heavy (non-hydrogen) atoms. The number of rotatable bonds is 4. The first kappa shape index (κ1) is 18.3. The van der Waals surface area contributed by atoms with Crippen LogP contribution in [0.4, 0.5) is 5.95 Å². The number of hydrogen-bond donors (Lipinski definition) is 1. The molecule has 6 heteroatoms. The number of anilines is 1. The molecule has 2 aromatic rings. The van der Waals surface area contributed by atoms with E-state index in [9.17, 15) is 4.79 Å². The van der Waals surface area contributed by atoms with Gasteiger partial charge in [0.05, 0.1) is 17.0 Å². The second kappa shape index (κ2) is 7.50. The van der Waals surface area contributed by atoms with Crippen molar-refractivity contribution in [2.24, 2.45) is 5.92 Å². The van der Waals surface area contributed by atoms with E-state index >= 15 is 0 Å². The smallest absolute Gasteiger partial charge is 0.237 e. The van der Waals surface area contributed by atoms with Crippen LogP contribution in [0.1, 0.15) is 50.4 Å². The number of nitrogens with zero attached hydrogens (tertiary/aromatic N) is 3. The van der Waals surface area contributed by atoms with Gasteiger partial charge < -0.3 is 10.6 Å².